The normalized spacial score (nSPS) is 15.3. The molecule has 1 aliphatic rings. The first-order valence-electron chi connectivity index (χ1n) is 8.67. The van der Waals surface area contributed by atoms with Gasteiger partial charge in [-0.1, -0.05) is 17.7 Å². The van der Waals surface area contributed by atoms with Crippen molar-refractivity contribution in [2.75, 3.05) is 29.9 Å². The maximum absolute atomic E-state index is 12.9. The van der Waals surface area contributed by atoms with Crippen molar-refractivity contribution in [1.82, 2.24) is 9.88 Å². The minimum absolute atomic E-state index is 0.104. The molecule has 26 heavy (non-hydrogen) atoms. The standard InChI is InChI=1S/C20H20ClN3OS/c21-15-4-6-16(7-5-15)23-20(25)17-2-1-3-18-19(17)14(12-22-18)13-24-8-10-26-11-9-24/h1-7,12,22H,8-11,13H2,(H,23,25). The average molecular weight is 386 g/mol. The lowest BCUT2D eigenvalue weighted by molar-refractivity contribution is 0.102. The molecule has 2 heterocycles. The predicted molar refractivity (Wildman–Crippen MR) is 110 cm³/mol. The highest BCUT2D eigenvalue weighted by Gasteiger charge is 2.18. The third-order valence-corrected chi connectivity index (χ3v) is 5.83. The van der Waals surface area contributed by atoms with Crippen molar-refractivity contribution in [1.29, 1.82) is 0 Å². The van der Waals surface area contributed by atoms with Gasteiger partial charge in [0.25, 0.3) is 5.91 Å². The average Bonchev–Trinajstić information content (AvgIpc) is 3.07. The number of aromatic amines is 1. The number of amides is 1. The van der Waals surface area contributed by atoms with E-state index in [1.165, 1.54) is 17.1 Å². The van der Waals surface area contributed by atoms with Crippen LogP contribution in [0, 0.1) is 0 Å². The van der Waals surface area contributed by atoms with E-state index in [1.807, 2.05) is 48.3 Å². The van der Waals surface area contributed by atoms with Gasteiger partial charge in [-0.2, -0.15) is 11.8 Å². The molecule has 0 spiro atoms. The van der Waals surface area contributed by atoms with Gasteiger partial charge in [0.2, 0.25) is 0 Å². The molecule has 0 bridgehead atoms. The van der Waals surface area contributed by atoms with E-state index >= 15 is 0 Å². The SMILES string of the molecule is O=C(Nc1ccc(Cl)cc1)c1cccc2[nH]cc(CN3CCSCC3)c12. The smallest absolute Gasteiger partial charge is 0.256 e. The third kappa shape index (κ3) is 3.75. The molecule has 0 unspecified atom stereocenters. The van der Waals surface area contributed by atoms with Gasteiger partial charge in [-0.15, -0.1) is 0 Å². The van der Waals surface area contributed by atoms with Crippen molar-refractivity contribution >= 4 is 45.9 Å². The summed E-state index contributed by atoms with van der Waals surface area (Å²) in [6.45, 7) is 3.05. The molecule has 0 aliphatic carbocycles. The fourth-order valence-corrected chi connectivity index (χ4v) is 4.41. The molecule has 2 aromatic carbocycles. The number of rotatable bonds is 4. The Morgan fingerprint density at radius 1 is 1.15 bits per heavy atom. The van der Waals surface area contributed by atoms with Crippen LogP contribution in [0.15, 0.2) is 48.7 Å². The van der Waals surface area contributed by atoms with Crippen LogP contribution in [0.2, 0.25) is 5.02 Å². The molecule has 0 radical (unpaired) electrons. The summed E-state index contributed by atoms with van der Waals surface area (Å²) in [5.41, 5.74) is 3.60. The summed E-state index contributed by atoms with van der Waals surface area (Å²) in [5, 5.41) is 4.63. The molecule has 1 fully saturated rings. The quantitative estimate of drug-likeness (QED) is 0.688. The highest BCUT2D eigenvalue weighted by molar-refractivity contribution is 7.99. The summed E-state index contributed by atoms with van der Waals surface area (Å²) < 4.78 is 0. The lowest BCUT2D eigenvalue weighted by Gasteiger charge is -2.26. The van der Waals surface area contributed by atoms with Gasteiger partial charge in [-0.3, -0.25) is 9.69 Å². The lowest BCUT2D eigenvalue weighted by atomic mass is 10.0. The number of nitrogens with one attached hydrogen (secondary N) is 2. The van der Waals surface area contributed by atoms with Crippen LogP contribution in [0.1, 0.15) is 15.9 Å². The number of hydrogen-bond acceptors (Lipinski definition) is 3. The Morgan fingerprint density at radius 3 is 2.69 bits per heavy atom. The van der Waals surface area contributed by atoms with Crippen molar-refractivity contribution < 1.29 is 4.79 Å². The first-order chi connectivity index (χ1) is 12.7. The molecule has 1 aromatic heterocycles. The van der Waals surface area contributed by atoms with E-state index in [0.29, 0.717) is 10.6 Å². The van der Waals surface area contributed by atoms with Crippen LogP contribution in [-0.2, 0) is 6.54 Å². The minimum atomic E-state index is -0.104. The monoisotopic (exact) mass is 385 g/mol. The van der Waals surface area contributed by atoms with Gasteiger partial charge in [0.15, 0.2) is 0 Å². The Balaban J connectivity index is 1.62. The first kappa shape index (κ1) is 17.5. The second-order valence-corrected chi connectivity index (χ2v) is 8.05. The summed E-state index contributed by atoms with van der Waals surface area (Å²) in [6.07, 6.45) is 2.03. The van der Waals surface area contributed by atoms with Crippen LogP contribution < -0.4 is 5.32 Å². The van der Waals surface area contributed by atoms with Gasteiger partial charge in [-0.05, 0) is 42.0 Å². The maximum Gasteiger partial charge on any atom is 0.256 e. The van der Waals surface area contributed by atoms with E-state index in [2.05, 4.69) is 15.2 Å². The van der Waals surface area contributed by atoms with E-state index in [-0.39, 0.29) is 5.91 Å². The number of nitrogens with zero attached hydrogens (tertiary/aromatic N) is 1. The largest absolute Gasteiger partial charge is 0.361 e. The number of benzene rings is 2. The summed E-state index contributed by atoms with van der Waals surface area (Å²) in [7, 11) is 0. The van der Waals surface area contributed by atoms with E-state index in [0.717, 1.165) is 36.2 Å². The number of carbonyl (C=O) groups excluding carboxylic acids is 1. The summed E-state index contributed by atoms with van der Waals surface area (Å²) in [6, 6.07) is 13.0. The van der Waals surface area contributed by atoms with Gasteiger partial charge in [-0.25, -0.2) is 0 Å². The number of H-pyrrole nitrogens is 1. The third-order valence-electron chi connectivity index (χ3n) is 4.63. The Bertz CT molecular complexity index is 916. The molecule has 134 valence electrons. The Hall–Kier alpha value is -1.95. The van der Waals surface area contributed by atoms with Crippen LogP contribution in [-0.4, -0.2) is 40.4 Å². The highest BCUT2D eigenvalue weighted by atomic mass is 35.5. The molecule has 0 atom stereocenters. The second kappa shape index (κ2) is 7.74. The Morgan fingerprint density at radius 2 is 1.92 bits per heavy atom. The minimum Gasteiger partial charge on any atom is -0.361 e. The van der Waals surface area contributed by atoms with Gasteiger partial charge in [0, 0.05) is 64.5 Å². The Labute approximate surface area is 161 Å². The van der Waals surface area contributed by atoms with E-state index in [9.17, 15) is 4.79 Å². The van der Waals surface area contributed by atoms with Crippen LogP contribution in [0.4, 0.5) is 5.69 Å². The number of halogens is 1. The van der Waals surface area contributed by atoms with Crippen molar-refractivity contribution in [2.24, 2.45) is 0 Å². The molecule has 1 amide bonds. The number of hydrogen-bond donors (Lipinski definition) is 2. The maximum atomic E-state index is 12.9. The van der Waals surface area contributed by atoms with Crippen molar-refractivity contribution in [3.05, 3.63) is 64.8 Å². The summed E-state index contributed by atoms with van der Waals surface area (Å²) in [4.78, 5) is 18.6. The topological polar surface area (TPSA) is 48.1 Å². The number of anilines is 1. The molecular weight excluding hydrogens is 366 g/mol. The number of aromatic nitrogens is 1. The second-order valence-electron chi connectivity index (χ2n) is 6.39. The molecule has 4 rings (SSSR count). The summed E-state index contributed by atoms with van der Waals surface area (Å²) >= 11 is 7.92. The van der Waals surface area contributed by atoms with Gasteiger partial charge in [0.05, 0.1) is 0 Å². The lowest BCUT2D eigenvalue weighted by Crippen LogP contribution is -2.31. The fraction of sp³-hybridized carbons (Fsp3) is 0.250. The van der Waals surface area contributed by atoms with Crippen molar-refractivity contribution in [3.63, 3.8) is 0 Å². The number of carbonyl (C=O) groups is 1. The zero-order chi connectivity index (χ0) is 17.9. The molecule has 1 aliphatic heterocycles. The van der Waals surface area contributed by atoms with E-state index in [1.54, 1.807) is 12.1 Å². The molecule has 3 aromatic rings. The van der Waals surface area contributed by atoms with E-state index < -0.39 is 0 Å². The zero-order valence-electron chi connectivity index (χ0n) is 14.3. The molecule has 0 saturated carbocycles. The molecular formula is C20H20ClN3OS. The predicted octanol–water partition coefficient (Wildman–Crippen LogP) is 4.62. The molecule has 4 nitrogen and oxygen atoms in total. The first-order valence-corrected chi connectivity index (χ1v) is 10.2. The number of fused-ring (bicyclic) bond motifs is 1. The van der Waals surface area contributed by atoms with Crippen molar-refractivity contribution in [3.8, 4) is 0 Å². The fourth-order valence-electron chi connectivity index (χ4n) is 3.30. The van der Waals surface area contributed by atoms with Crippen LogP contribution >= 0.6 is 23.4 Å². The van der Waals surface area contributed by atoms with Crippen LogP contribution in [0.3, 0.4) is 0 Å². The van der Waals surface area contributed by atoms with Gasteiger partial charge in [0.1, 0.15) is 0 Å². The zero-order valence-corrected chi connectivity index (χ0v) is 15.9. The van der Waals surface area contributed by atoms with Gasteiger partial charge >= 0.3 is 0 Å². The Kier molecular flexibility index (Phi) is 5.20. The van der Waals surface area contributed by atoms with Gasteiger partial charge < -0.3 is 10.3 Å². The molecule has 6 heteroatoms. The summed E-state index contributed by atoms with van der Waals surface area (Å²) in [5.74, 6) is 2.24. The van der Waals surface area contributed by atoms with Crippen LogP contribution in [0.5, 0.6) is 0 Å². The number of thioether (sulfide) groups is 1. The molecule has 2 N–H and O–H groups in total. The van der Waals surface area contributed by atoms with E-state index in [4.69, 9.17) is 11.6 Å². The molecule has 1 saturated heterocycles. The highest BCUT2D eigenvalue weighted by Crippen LogP contribution is 2.26. The van der Waals surface area contributed by atoms with Crippen LogP contribution in [0.25, 0.3) is 10.9 Å². The van der Waals surface area contributed by atoms with Crippen molar-refractivity contribution in [2.45, 2.75) is 6.54 Å².